The molecule has 2 aliphatic rings. The van der Waals surface area contributed by atoms with Crippen molar-refractivity contribution < 1.29 is 14.2 Å². The molecule has 0 aliphatic carbocycles. The van der Waals surface area contributed by atoms with Crippen LogP contribution in [0, 0.1) is 0 Å². The van der Waals surface area contributed by atoms with E-state index < -0.39 is 0 Å². The van der Waals surface area contributed by atoms with Gasteiger partial charge in [0.25, 0.3) is 5.56 Å². The Morgan fingerprint density at radius 1 is 1.23 bits per heavy atom. The average Bonchev–Trinajstić information content (AvgIpc) is 3.41. The third-order valence-electron chi connectivity index (χ3n) is 5.60. The summed E-state index contributed by atoms with van der Waals surface area (Å²) in [6.45, 7) is 3.85. The van der Waals surface area contributed by atoms with Gasteiger partial charge in [-0.05, 0) is 64.3 Å². The Bertz CT molecular complexity index is 987. The number of ether oxygens (including phenoxy) is 3. The molecule has 2 aromatic rings. The van der Waals surface area contributed by atoms with Gasteiger partial charge in [-0.1, -0.05) is 0 Å². The van der Waals surface area contributed by atoms with Gasteiger partial charge in [0.1, 0.15) is 0 Å². The van der Waals surface area contributed by atoms with Gasteiger partial charge in [-0.25, -0.2) is 0 Å². The number of thiocarbonyl (C=S) groups is 1. The Kier molecular flexibility index (Phi) is 6.94. The van der Waals surface area contributed by atoms with E-state index >= 15 is 0 Å². The second-order valence-electron chi connectivity index (χ2n) is 8.32. The van der Waals surface area contributed by atoms with Crippen molar-refractivity contribution >= 4 is 28.2 Å². The Balaban J connectivity index is 1.50. The van der Waals surface area contributed by atoms with Crippen LogP contribution in [-0.2, 0) is 11.3 Å². The summed E-state index contributed by atoms with van der Waals surface area (Å²) in [5.41, 5.74) is 1.28. The number of fused-ring (bicyclic) bond motifs is 2. The zero-order valence-corrected chi connectivity index (χ0v) is 18.9. The highest BCUT2D eigenvalue weighted by molar-refractivity contribution is 7.80. The third-order valence-corrected chi connectivity index (χ3v) is 6.00. The van der Waals surface area contributed by atoms with E-state index in [0.29, 0.717) is 35.3 Å². The summed E-state index contributed by atoms with van der Waals surface area (Å²) in [5, 5.41) is 4.90. The van der Waals surface area contributed by atoms with E-state index in [0.717, 1.165) is 49.9 Å². The van der Waals surface area contributed by atoms with Gasteiger partial charge < -0.3 is 34.3 Å². The highest BCUT2D eigenvalue weighted by Gasteiger charge is 2.19. The third kappa shape index (κ3) is 5.47. The fourth-order valence-corrected chi connectivity index (χ4v) is 4.15. The van der Waals surface area contributed by atoms with Crippen molar-refractivity contribution in [3.05, 3.63) is 34.1 Å². The van der Waals surface area contributed by atoms with Crippen molar-refractivity contribution in [2.24, 2.45) is 0 Å². The number of hydrogen-bond acceptors (Lipinski definition) is 6. The molecule has 1 aromatic carbocycles. The van der Waals surface area contributed by atoms with Crippen LogP contribution in [0.15, 0.2) is 23.0 Å². The number of H-pyrrole nitrogens is 1. The topological polar surface area (TPSA) is 79.1 Å². The molecule has 2 aliphatic heterocycles. The number of aromatic nitrogens is 1. The maximum absolute atomic E-state index is 12.8. The molecule has 1 atom stereocenters. The van der Waals surface area contributed by atoms with E-state index in [1.165, 1.54) is 0 Å². The van der Waals surface area contributed by atoms with E-state index in [1.54, 1.807) is 0 Å². The number of aromatic amines is 1. The predicted molar refractivity (Wildman–Crippen MR) is 124 cm³/mol. The van der Waals surface area contributed by atoms with Crippen LogP contribution in [0.4, 0.5) is 0 Å². The summed E-state index contributed by atoms with van der Waals surface area (Å²) < 4.78 is 16.6. The van der Waals surface area contributed by atoms with Crippen LogP contribution in [0.5, 0.6) is 11.5 Å². The van der Waals surface area contributed by atoms with Crippen LogP contribution in [0.2, 0.25) is 0 Å². The lowest BCUT2D eigenvalue weighted by Crippen LogP contribution is -2.43. The van der Waals surface area contributed by atoms with Crippen LogP contribution < -0.4 is 20.3 Å². The van der Waals surface area contributed by atoms with Gasteiger partial charge in [-0.3, -0.25) is 4.79 Å². The molecule has 0 spiro atoms. The molecular formula is C22H30N4O4S. The van der Waals surface area contributed by atoms with Crippen molar-refractivity contribution in [3.63, 3.8) is 0 Å². The molecule has 2 N–H and O–H groups in total. The lowest BCUT2D eigenvalue weighted by atomic mass is 10.1. The molecule has 1 saturated heterocycles. The molecule has 8 nitrogen and oxygen atoms in total. The van der Waals surface area contributed by atoms with Gasteiger partial charge in [-0.2, -0.15) is 0 Å². The maximum atomic E-state index is 12.8. The lowest BCUT2D eigenvalue weighted by molar-refractivity contribution is 0.113. The summed E-state index contributed by atoms with van der Waals surface area (Å²) in [5.74, 6) is 1.35. The molecule has 0 bridgehead atoms. The van der Waals surface area contributed by atoms with Gasteiger partial charge in [0.15, 0.2) is 16.6 Å². The first kappa shape index (κ1) is 21.9. The standard InChI is InChI=1S/C22H30N4O4S/c1-25(2)6-4-7-26(22(31)23-12-17-5-3-8-28-17)13-16-9-15-10-19-20(30-14-29-19)11-18(15)24-21(16)27/h9-11,17H,3-8,12-14H2,1-2H3,(H,23,31)(H,24,27)/t17-/m0/s1. The van der Waals surface area contributed by atoms with Gasteiger partial charge in [0.05, 0.1) is 18.2 Å². The molecule has 0 unspecified atom stereocenters. The second kappa shape index (κ2) is 9.84. The highest BCUT2D eigenvalue weighted by atomic mass is 32.1. The average molecular weight is 447 g/mol. The van der Waals surface area contributed by atoms with Crippen molar-refractivity contribution in [2.45, 2.75) is 31.9 Å². The Morgan fingerprint density at radius 2 is 2.03 bits per heavy atom. The number of nitrogens with one attached hydrogen (secondary N) is 2. The normalized spacial score (nSPS) is 17.5. The van der Waals surface area contributed by atoms with Gasteiger partial charge in [0.2, 0.25) is 6.79 Å². The molecule has 0 amide bonds. The molecule has 168 valence electrons. The van der Waals surface area contributed by atoms with Crippen LogP contribution in [-0.4, -0.2) is 73.1 Å². The minimum absolute atomic E-state index is 0.120. The summed E-state index contributed by atoms with van der Waals surface area (Å²) in [6, 6.07) is 5.63. The second-order valence-corrected chi connectivity index (χ2v) is 8.70. The molecule has 1 aromatic heterocycles. The van der Waals surface area contributed by atoms with E-state index in [4.69, 9.17) is 26.4 Å². The van der Waals surface area contributed by atoms with Crippen molar-refractivity contribution in [3.8, 4) is 11.5 Å². The van der Waals surface area contributed by atoms with Crippen LogP contribution in [0.25, 0.3) is 10.9 Å². The maximum Gasteiger partial charge on any atom is 0.253 e. The van der Waals surface area contributed by atoms with E-state index in [1.807, 2.05) is 18.2 Å². The molecule has 1 fully saturated rings. The SMILES string of the molecule is CN(C)CCCN(Cc1cc2cc3c(cc2[nH]c1=O)OCO3)C(=S)NC[C@@H]1CCCO1. The van der Waals surface area contributed by atoms with Crippen molar-refractivity contribution in [1.82, 2.24) is 20.1 Å². The van der Waals surface area contributed by atoms with Crippen LogP contribution in [0.1, 0.15) is 24.8 Å². The first-order valence-electron chi connectivity index (χ1n) is 10.7. The first-order chi connectivity index (χ1) is 15.0. The van der Waals surface area contributed by atoms with Gasteiger partial charge >= 0.3 is 0 Å². The molecule has 0 saturated carbocycles. The molecular weight excluding hydrogens is 416 g/mol. The number of hydrogen-bond donors (Lipinski definition) is 2. The molecule has 9 heteroatoms. The van der Waals surface area contributed by atoms with Crippen molar-refractivity contribution in [2.75, 3.05) is 47.1 Å². The van der Waals surface area contributed by atoms with Crippen molar-refractivity contribution in [1.29, 1.82) is 0 Å². The summed E-state index contributed by atoms with van der Waals surface area (Å²) in [6.07, 6.45) is 3.29. The number of rotatable bonds is 8. The zero-order valence-electron chi connectivity index (χ0n) is 18.1. The zero-order chi connectivity index (χ0) is 21.8. The fourth-order valence-electron chi connectivity index (χ4n) is 3.91. The Hall–Kier alpha value is -2.36. The van der Waals surface area contributed by atoms with Crippen LogP contribution in [0.3, 0.4) is 0 Å². The molecule has 3 heterocycles. The summed E-state index contributed by atoms with van der Waals surface area (Å²) in [7, 11) is 4.10. The lowest BCUT2D eigenvalue weighted by Gasteiger charge is -2.27. The van der Waals surface area contributed by atoms with E-state index in [9.17, 15) is 4.79 Å². The first-order valence-corrected chi connectivity index (χ1v) is 11.1. The summed E-state index contributed by atoms with van der Waals surface area (Å²) >= 11 is 5.69. The quantitative estimate of drug-likeness (QED) is 0.597. The predicted octanol–water partition coefficient (Wildman–Crippen LogP) is 2.06. The molecule has 0 radical (unpaired) electrons. The number of benzene rings is 1. The highest BCUT2D eigenvalue weighted by Crippen LogP contribution is 2.35. The van der Waals surface area contributed by atoms with E-state index in [2.05, 4.69) is 34.2 Å². The minimum atomic E-state index is -0.120. The monoisotopic (exact) mass is 446 g/mol. The van der Waals surface area contributed by atoms with Crippen LogP contribution >= 0.6 is 12.2 Å². The van der Waals surface area contributed by atoms with Gasteiger partial charge in [-0.15, -0.1) is 0 Å². The van der Waals surface area contributed by atoms with E-state index in [-0.39, 0.29) is 18.5 Å². The smallest absolute Gasteiger partial charge is 0.253 e. The molecule has 4 rings (SSSR count). The molecule has 31 heavy (non-hydrogen) atoms. The number of nitrogens with zero attached hydrogens (tertiary/aromatic N) is 2. The van der Waals surface area contributed by atoms with Gasteiger partial charge in [0, 0.05) is 36.7 Å². The minimum Gasteiger partial charge on any atom is -0.454 e. The Morgan fingerprint density at radius 3 is 2.77 bits per heavy atom. The Labute approximate surface area is 187 Å². The number of pyridine rings is 1. The summed E-state index contributed by atoms with van der Waals surface area (Å²) in [4.78, 5) is 20.0. The largest absolute Gasteiger partial charge is 0.454 e. The fraction of sp³-hybridized carbons (Fsp3) is 0.545.